The Hall–Kier alpha value is -1.11. The molecule has 2 rings (SSSR count). The zero-order valence-corrected chi connectivity index (χ0v) is 10.9. The average molecular weight is 270 g/mol. The molecule has 0 spiro atoms. The zero-order chi connectivity index (χ0) is 13.2. The number of ether oxygens (including phenoxy) is 1. The Bertz CT molecular complexity index is 516. The highest BCUT2D eigenvalue weighted by atomic mass is 32.2. The minimum Gasteiger partial charge on any atom is -0.487 e. The van der Waals surface area contributed by atoms with Gasteiger partial charge in [0, 0.05) is 6.04 Å². The van der Waals surface area contributed by atoms with E-state index in [1.54, 1.807) is 18.2 Å². The smallest absolute Gasteiger partial charge is 0.241 e. The average Bonchev–Trinajstić information content (AvgIpc) is 2.31. The standard InChI is InChI=1S/C12H18N2O3S/c13-9-5-1-2-6-10(9)17-11-7-3-4-8-12(11)18(14,15)16/h3-4,7-10H,1-2,5-6,13H2,(H2,14,15,16). The van der Waals surface area contributed by atoms with Gasteiger partial charge in [-0.1, -0.05) is 18.6 Å². The molecular weight excluding hydrogens is 252 g/mol. The summed E-state index contributed by atoms with van der Waals surface area (Å²) < 4.78 is 28.6. The van der Waals surface area contributed by atoms with E-state index in [1.807, 2.05) is 0 Å². The van der Waals surface area contributed by atoms with Gasteiger partial charge < -0.3 is 10.5 Å². The lowest BCUT2D eigenvalue weighted by Crippen LogP contribution is -2.41. The van der Waals surface area contributed by atoms with Crippen molar-refractivity contribution in [1.29, 1.82) is 0 Å². The molecular formula is C12H18N2O3S. The summed E-state index contributed by atoms with van der Waals surface area (Å²) in [6.45, 7) is 0. The Labute approximate surface area is 107 Å². The van der Waals surface area contributed by atoms with Crippen molar-refractivity contribution in [3.05, 3.63) is 24.3 Å². The van der Waals surface area contributed by atoms with Crippen LogP contribution >= 0.6 is 0 Å². The summed E-state index contributed by atoms with van der Waals surface area (Å²) in [5.74, 6) is 0.294. The molecule has 0 saturated heterocycles. The minimum absolute atomic E-state index is 0.0165. The van der Waals surface area contributed by atoms with E-state index in [4.69, 9.17) is 15.6 Å². The van der Waals surface area contributed by atoms with Crippen LogP contribution in [0.5, 0.6) is 5.75 Å². The highest BCUT2D eigenvalue weighted by Crippen LogP contribution is 2.27. The zero-order valence-electron chi connectivity index (χ0n) is 10.1. The lowest BCUT2D eigenvalue weighted by molar-refractivity contribution is 0.129. The van der Waals surface area contributed by atoms with Gasteiger partial charge >= 0.3 is 0 Å². The molecule has 1 saturated carbocycles. The lowest BCUT2D eigenvalue weighted by atomic mass is 9.93. The first-order chi connectivity index (χ1) is 8.48. The normalized spacial score (nSPS) is 24.8. The van der Waals surface area contributed by atoms with E-state index in [2.05, 4.69) is 0 Å². The minimum atomic E-state index is -3.77. The molecule has 6 heteroatoms. The molecule has 0 aromatic heterocycles. The SMILES string of the molecule is NC1CCCCC1Oc1ccccc1S(N)(=O)=O. The predicted octanol–water partition coefficient (Wildman–Crippen LogP) is 0.983. The van der Waals surface area contributed by atoms with Gasteiger partial charge in [0.15, 0.2) is 0 Å². The maximum absolute atomic E-state index is 11.4. The second-order valence-corrected chi connectivity index (χ2v) is 6.13. The number of benzene rings is 1. The van der Waals surface area contributed by atoms with Crippen LogP contribution in [-0.4, -0.2) is 20.6 Å². The molecule has 0 radical (unpaired) electrons. The third-order valence-electron chi connectivity index (χ3n) is 3.19. The van der Waals surface area contributed by atoms with Gasteiger partial charge in [-0.05, 0) is 31.4 Å². The van der Waals surface area contributed by atoms with Gasteiger partial charge in [-0.2, -0.15) is 0 Å². The molecule has 1 aromatic carbocycles. The number of para-hydroxylation sites is 1. The molecule has 4 N–H and O–H groups in total. The second kappa shape index (κ2) is 5.26. The van der Waals surface area contributed by atoms with E-state index in [1.165, 1.54) is 6.07 Å². The Morgan fingerprint density at radius 2 is 1.83 bits per heavy atom. The maximum Gasteiger partial charge on any atom is 0.241 e. The van der Waals surface area contributed by atoms with Gasteiger partial charge in [-0.3, -0.25) is 0 Å². The van der Waals surface area contributed by atoms with Gasteiger partial charge in [0.1, 0.15) is 16.7 Å². The van der Waals surface area contributed by atoms with Crippen molar-refractivity contribution in [2.45, 2.75) is 42.7 Å². The Balaban J connectivity index is 2.24. The molecule has 0 heterocycles. The van der Waals surface area contributed by atoms with Crippen molar-refractivity contribution >= 4 is 10.0 Å². The van der Waals surface area contributed by atoms with Crippen molar-refractivity contribution in [2.24, 2.45) is 10.9 Å². The Morgan fingerprint density at radius 1 is 1.17 bits per heavy atom. The Kier molecular flexibility index (Phi) is 3.89. The van der Waals surface area contributed by atoms with Crippen LogP contribution in [0, 0.1) is 0 Å². The highest BCUT2D eigenvalue weighted by Gasteiger charge is 2.25. The molecule has 1 aliphatic carbocycles. The molecule has 1 aromatic rings. The molecule has 5 nitrogen and oxygen atoms in total. The Morgan fingerprint density at radius 3 is 2.50 bits per heavy atom. The van der Waals surface area contributed by atoms with Crippen molar-refractivity contribution in [3.63, 3.8) is 0 Å². The molecule has 1 fully saturated rings. The summed E-state index contributed by atoms with van der Waals surface area (Å²) in [6, 6.07) is 6.35. The van der Waals surface area contributed by atoms with Crippen molar-refractivity contribution in [3.8, 4) is 5.75 Å². The fourth-order valence-electron chi connectivity index (χ4n) is 2.22. The van der Waals surface area contributed by atoms with E-state index in [9.17, 15) is 8.42 Å². The van der Waals surface area contributed by atoms with Crippen LogP contribution in [0.1, 0.15) is 25.7 Å². The van der Waals surface area contributed by atoms with Crippen LogP contribution in [0.2, 0.25) is 0 Å². The van der Waals surface area contributed by atoms with Crippen molar-refractivity contribution in [2.75, 3.05) is 0 Å². The monoisotopic (exact) mass is 270 g/mol. The first-order valence-electron chi connectivity index (χ1n) is 6.02. The number of nitrogens with two attached hydrogens (primary N) is 2. The number of primary sulfonamides is 1. The first kappa shape index (κ1) is 13.3. The van der Waals surface area contributed by atoms with Crippen LogP contribution in [0.3, 0.4) is 0 Å². The fourth-order valence-corrected chi connectivity index (χ4v) is 2.88. The molecule has 0 aliphatic heterocycles. The van der Waals surface area contributed by atoms with Crippen LogP contribution in [-0.2, 0) is 10.0 Å². The molecule has 1 aliphatic rings. The van der Waals surface area contributed by atoms with E-state index >= 15 is 0 Å². The van der Waals surface area contributed by atoms with Gasteiger partial charge in [-0.25, -0.2) is 13.6 Å². The van der Waals surface area contributed by atoms with E-state index in [-0.39, 0.29) is 17.0 Å². The summed E-state index contributed by atoms with van der Waals surface area (Å²) in [5, 5.41) is 5.16. The third-order valence-corrected chi connectivity index (χ3v) is 4.14. The lowest BCUT2D eigenvalue weighted by Gasteiger charge is -2.29. The van der Waals surface area contributed by atoms with Gasteiger partial charge in [0.05, 0.1) is 0 Å². The molecule has 0 amide bonds. The van der Waals surface area contributed by atoms with Crippen molar-refractivity contribution < 1.29 is 13.2 Å². The van der Waals surface area contributed by atoms with Crippen LogP contribution in [0.4, 0.5) is 0 Å². The van der Waals surface area contributed by atoms with Crippen molar-refractivity contribution in [1.82, 2.24) is 0 Å². The molecule has 100 valence electrons. The molecule has 0 bridgehead atoms. The molecule has 2 atom stereocenters. The largest absolute Gasteiger partial charge is 0.487 e. The maximum atomic E-state index is 11.4. The van der Waals surface area contributed by atoms with Gasteiger partial charge in [0.25, 0.3) is 0 Å². The summed E-state index contributed by atoms with van der Waals surface area (Å²) in [6.07, 6.45) is 3.76. The number of hydrogen-bond acceptors (Lipinski definition) is 4. The van der Waals surface area contributed by atoms with E-state index in [0.29, 0.717) is 5.75 Å². The summed E-state index contributed by atoms with van der Waals surface area (Å²) in [4.78, 5) is 0.0165. The quantitative estimate of drug-likeness (QED) is 0.856. The fraction of sp³-hybridized carbons (Fsp3) is 0.500. The molecule has 2 unspecified atom stereocenters. The highest BCUT2D eigenvalue weighted by molar-refractivity contribution is 7.89. The topological polar surface area (TPSA) is 95.4 Å². The first-order valence-corrected chi connectivity index (χ1v) is 7.57. The van der Waals surface area contributed by atoms with Crippen LogP contribution < -0.4 is 15.6 Å². The van der Waals surface area contributed by atoms with Gasteiger partial charge in [0.2, 0.25) is 10.0 Å². The summed E-state index contributed by atoms with van der Waals surface area (Å²) >= 11 is 0. The van der Waals surface area contributed by atoms with Crippen LogP contribution in [0.15, 0.2) is 29.2 Å². The second-order valence-electron chi connectivity index (χ2n) is 4.60. The van der Waals surface area contributed by atoms with Gasteiger partial charge in [-0.15, -0.1) is 0 Å². The number of rotatable bonds is 3. The predicted molar refractivity (Wildman–Crippen MR) is 68.7 cm³/mol. The van der Waals surface area contributed by atoms with E-state index in [0.717, 1.165) is 25.7 Å². The number of sulfonamides is 1. The van der Waals surface area contributed by atoms with Crippen LogP contribution in [0.25, 0.3) is 0 Å². The third kappa shape index (κ3) is 3.01. The summed E-state index contributed by atoms with van der Waals surface area (Å²) in [7, 11) is -3.77. The van der Waals surface area contributed by atoms with E-state index < -0.39 is 10.0 Å². The molecule has 18 heavy (non-hydrogen) atoms. The summed E-state index contributed by atoms with van der Waals surface area (Å²) in [5.41, 5.74) is 5.98. The number of hydrogen-bond donors (Lipinski definition) is 2.